The minimum atomic E-state index is -0.339. The SMILES string of the molecule is C=c1cccc2cc/c(=C3\C(=O)C(c4ccc5cccc6c5c4NC4(CC(C)CC(C)(C)C4)N6)=C3O)c(NC3(C)CC(C)CC(C)(C)C3)c12. The van der Waals surface area contributed by atoms with E-state index in [0.717, 1.165) is 80.3 Å². The average molecular weight is 654 g/mol. The summed E-state index contributed by atoms with van der Waals surface area (Å²) < 4.78 is 0. The number of rotatable bonds is 3. The van der Waals surface area contributed by atoms with E-state index in [1.165, 1.54) is 12.8 Å². The summed E-state index contributed by atoms with van der Waals surface area (Å²) in [5.74, 6) is 1.04. The Morgan fingerprint density at radius 2 is 1.41 bits per heavy atom. The summed E-state index contributed by atoms with van der Waals surface area (Å²) in [5, 5.41) is 29.8. The Labute approximate surface area is 290 Å². The van der Waals surface area contributed by atoms with Gasteiger partial charge in [-0.3, -0.25) is 4.79 Å². The van der Waals surface area contributed by atoms with Gasteiger partial charge in [-0.2, -0.15) is 0 Å². The molecule has 1 heterocycles. The molecule has 0 aromatic heterocycles. The molecule has 0 bridgehead atoms. The third kappa shape index (κ3) is 5.23. The minimum Gasteiger partial charge on any atom is -0.506 e. The normalized spacial score (nSPS) is 29.8. The predicted octanol–water partition coefficient (Wildman–Crippen LogP) is 9.50. The topological polar surface area (TPSA) is 73.4 Å². The number of carbonyl (C=O) groups is 1. The van der Waals surface area contributed by atoms with Crippen LogP contribution in [0.4, 0.5) is 17.1 Å². The van der Waals surface area contributed by atoms with Crippen molar-refractivity contribution in [3.63, 3.8) is 0 Å². The first kappa shape index (κ1) is 32.0. The molecule has 0 saturated heterocycles. The van der Waals surface area contributed by atoms with E-state index < -0.39 is 0 Å². The second-order valence-electron chi connectivity index (χ2n) is 18.0. The third-order valence-electron chi connectivity index (χ3n) is 11.8. The molecule has 4 atom stereocenters. The lowest BCUT2D eigenvalue weighted by molar-refractivity contribution is -0.109. The maximum absolute atomic E-state index is 14.6. The molecular weight excluding hydrogens is 603 g/mol. The fourth-order valence-electron chi connectivity index (χ4n) is 11.2. The van der Waals surface area contributed by atoms with Gasteiger partial charge >= 0.3 is 0 Å². The Bertz CT molecular complexity index is 2230. The monoisotopic (exact) mass is 653 g/mol. The van der Waals surface area contributed by atoms with Gasteiger partial charge in [0.25, 0.3) is 0 Å². The highest BCUT2D eigenvalue weighted by Gasteiger charge is 2.47. The number of aliphatic hydroxyl groups is 1. The van der Waals surface area contributed by atoms with E-state index in [2.05, 4.69) is 107 Å². The standard InChI is InChI=1S/C44H51N3O2/c1-25-19-41(4,5)23-43(8,21-25)46-37-30(17-15-28-12-9-11-27(3)33(28)37)35-39(48)36(40(35)49)31-18-16-29-13-10-14-32-34(29)38(31)47-44(45-32)22-26(2)20-42(6,7)24-44/h9-18,25-26,45-48H,3,19-24H2,1-2,4-8H3/b35-30+. The Kier molecular flexibility index (Phi) is 6.93. The highest BCUT2D eigenvalue weighted by atomic mass is 16.3. The van der Waals surface area contributed by atoms with Crippen LogP contribution in [0.2, 0.25) is 0 Å². The number of hydrogen-bond donors (Lipinski definition) is 4. The molecule has 4 aromatic carbocycles. The van der Waals surface area contributed by atoms with Crippen LogP contribution in [0.1, 0.15) is 92.6 Å². The van der Waals surface area contributed by atoms with Crippen LogP contribution < -0.4 is 26.4 Å². The summed E-state index contributed by atoms with van der Waals surface area (Å²) in [6, 6.07) is 20.7. The molecule has 3 aliphatic carbocycles. The molecule has 1 aliphatic heterocycles. The summed E-state index contributed by atoms with van der Waals surface area (Å²) in [5.41, 5.74) is 4.27. The Hall–Kier alpha value is -4.25. The number of nitrogens with one attached hydrogen (secondary N) is 3. The van der Waals surface area contributed by atoms with Crippen LogP contribution in [-0.4, -0.2) is 22.1 Å². The number of carbonyl (C=O) groups excluding carboxylic acids is 1. The first-order chi connectivity index (χ1) is 23.1. The van der Waals surface area contributed by atoms with Gasteiger partial charge in [-0.15, -0.1) is 0 Å². The summed E-state index contributed by atoms with van der Waals surface area (Å²) in [6.07, 6.45) is 6.33. The second-order valence-corrected chi connectivity index (χ2v) is 18.0. The summed E-state index contributed by atoms with van der Waals surface area (Å²) in [6.45, 7) is 20.8. The molecule has 8 rings (SSSR count). The van der Waals surface area contributed by atoms with Gasteiger partial charge in [-0.05, 0) is 90.2 Å². The van der Waals surface area contributed by atoms with Gasteiger partial charge in [0, 0.05) is 32.8 Å². The van der Waals surface area contributed by atoms with Crippen molar-refractivity contribution in [2.24, 2.45) is 22.7 Å². The number of benzene rings is 4. The van der Waals surface area contributed by atoms with Crippen molar-refractivity contribution in [3.05, 3.63) is 82.4 Å². The van der Waals surface area contributed by atoms with Crippen LogP contribution in [0.5, 0.6) is 0 Å². The highest BCUT2D eigenvalue weighted by molar-refractivity contribution is 6.52. The molecule has 2 fully saturated rings. The quantitative estimate of drug-likeness (QED) is 0.177. The van der Waals surface area contributed by atoms with Crippen molar-refractivity contribution in [1.82, 2.24) is 0 Å². The number of hydrogen-bond acceptors (Lipinski definition) is 5. The predicted molar refractivity (Wildman–Crippen MR) is 206 cm³/mol. The lowest BCUT2D eigenvalue weighted by Crippen LogP contribution is -2.55. The Balaban J connectivity index is 1.31. The summed E-state index contributed by atoms with van der Waals surface area (Å²) in [7, 11) is 0. The molecule has 5 heteroatoms. The van der Waals surface area contributed by atoms with Crippen molar-refractivity contribution in [3.8, 4) is 0 Å². The van der Waals surface area contributed by atoms with Gasteiger partial charge in [-0.25, -0.2) is 0 Å². The van der Waals surface area contributed by atoms with E-state index in [4.69, 9.17) is 0 Å². The average Bonchev–Trinajstić information content (AvgIpc) is 2.97. The minimum absolute atomic E-state index is 0.0660. The fraction of sp³-hybridized carbons (Fsp3) is 0.432. The number of Topliss-reactive ketones (excluding diaryl/α,β-unsaturated/α-hetero) is 1. The molecule has 4 aliphatic rings. The highest BCUT2D eigenvalue weighted by Crippen LogP contribution is 2.52. The van der Waals surface area contributed by atoms with Crippen molar-refractivity contribution >= 4 is 62.1 Å². The fourth-order valence-corrected chi connectivity index (χ4v) is 11.2. The van der Waals surface area contributed by atoms with E-state index in [1.54, 1.807) is 0 Å². The molecule has 1 spiro atoms. The van der Waals surface area contributed by atoms with E-state index >= 15 is 0 Å². The molecule has 0 amide bonds. The van der Waals surface area contributed by atoms with Gasteiger partial charge in [0.1, 0.15) is 11.4 Å². The third-order valence-corrected chi connectivity index (χ3v) is 11.8. The van der Waals surface area contributed by atoms with Gasteiger partial charge in [0.15, 0.2) is 0 Å². The smallest absolute Gasteiger partial charge is 0.201 e. The number of anilines is 3. The Morgan fingerprint density at radius 1 is 0.755 bits per heavy atom. The lowest BCUT2D eigenvalue weighted by atomic mass is 9.65. The van der Waals surface area contributed by atoms with Crippen LogP contribution >= 0.6 is 0 Å². The number of aliphatic hydroxyl groups excluding tert-OH is 1. The van der Waals surface area contributed by atoms with Gasteiger partial charge in [0.2, 0.25) is 5.78 Å². The zero-order valence-electron chi connectivity index (χ0n) is 30.2. The molecule has 4 unspecified atom stereocenters. The Morgan fingerprint density at radius 3 is 2.10 bits per heavy atom. The van der Waals surface area contributed by atoms with E-state index in [9.17, 15) is 9.90 Å². The molecule has 49 heavy (non-hydrogen) atoms. The maximum Gasteiger partial charge on any atom is 0.201 e. The van der Waals surface area contributed by atoms with Gasteiger partial charge < -0.3 is 21.1 Å². The molecule has 4 aromatic rings. The first-order valence-electron chi connectivity index (χ1n) is 18.2. The summed E-state index contributed by atoms with van der Waals surface area (Å²) >= 11 is 0. The van der Waals surface area contributed by atoms with Gasteiger partial charge in [-0.1, -0.05) is 103 Å². The van der Waals surface area contributed by atoms with Crippen molar-refractivity contribution in [2.45, 2.75) is 98.2 Å². The first-order valence-corrected chi connectivity index (χ1v) is 18.2. The van der Waals surface area contributed by atoms with E-state index in [0.29, 0.717) is 23.0 Å². The second kappa shape index (κ2) is 10.6. The van der Waals surface area contributed by atoms with Crippen molar-refractivity contribution in [2.75, 3.05) is 16.0 Å². The molecule has 2 saturated carbocycles. The largest absolute Gasteiger partial charge is 0.506 e. The molecular formula is C44H51N3O2. The van der Waals surface area contributed by atoms with Crippen LogP contribution in [0.25, 0.3) is 39.3 Å². The zero-order chi connectivity index (χ0) is 34.7. The van der Waals surface area contributed by atoms with Crippen molar-refractivity contribution < 1.29 is 9.90 Å². The molecule has 5 nitrogen and oxygen atoms in total. The molecule has 4 N–H and O–H groups in total. The van der Waals surface area contributed by atoms with E-state index in [1.807, 2.05) is 24.3 Å². The van der Waals surface area contributed by atoms with Crippen LogP contribution in [-0.2, 0) is 4.79 Å². The van der Waals surface area contributed by atoms with Crippen LogP contribution in [0.15, 0.2) is 66.4 Å². The number of fused-ring (bicyclic) bond motifs is 1. The van der Waals surface area contributed by atoms with E-state index in [-0.39, 0.29) is 33.6 Å². The molecule has 254 valence electrons. The molecule has 0 radical (unpaired) electrons. The van der Waals surface area contributed by atoms with Gasteiger partial charge in [0.05, 0.1) is 22.5 Å². The number of ketones is 1. The van der Waals surface area contributed by atoms with Crippen LogP contribution in [0, 0.1) is 22.7 Å². The van der Waals surface area contributed by atoms with Crippen LogP contribution in [0.3, 0.4) is 0 Å². The lowest BCUT2D eigenvalue weighted by Gasteiger charge is -2.51. The van der Waals surface area contributed by atoms with Crippen molar-refractivity contribution in [1.29, 1.82) is 0 Å². The summed E-state index contributed by atoms with van der Waals surface area (Å²) in [4.78, 5) is 14.6. The zero-order valence-corrected chi connectivity index (χ0v) is 30.2. The maximum atomic E-state index is 14.6. The number of allylic oxidation sites excluding steroid dienone is 2.